The quantitative estimate of drug-likeness (QED) is 0.508. The molecule has 0 aliphatic carbocycles. The molecule has 4 heteroatoms. The summed E-state index contributed by atoms with van der Waals surface area (Å²) in [5.41, 5.74) is 0. The van der Waals surface area contributed by atoms with Crippen LogP contribution in [0.5, 0.6) is 0 Å². The molecule has 60 valence electrons. The Balaban J connectivity index is 2.35. The van der Waals surface area contributed by atoms with Gasteiger partial charge in [0.15, 0.2) is 0 Å². The molecule has 0 atom stereocenters. The molecule has 1 amide bonds. The molecule has 1 heterocycles. The summed E-state index contributed by atoms with van der Waals surface area (Å²) in [5, 5.41) is 11.1. The maximum absolute atomic E-state index is 10.8. The summed E-state index contributed by atoms with van der Waals surface area (Å²) in [7, 11) is 0. The van der Waals surface area contributed by atoms with Crippen molar-refractivity contribution in [3.05, 3.63) is 0 Å². The zero-order valence-electron chi connectivity index (χ0n) is 6.34. The molecule has 0 radical (unpaired) electrons. The van der Waals surface area contributed by atoms with Crippen molar-refractivity contribution < 1.29 is 4.79 Å². The first kappa shape index (κ1) is 8.02. The molecule has 1 fully saturated rings. The highest BCUT2D eigenvalue weighted by molar-refractivity contribution is 5.76. The molecule has 1 aliphatic rings. The second-order valence-electron chi connectivity index (χ2n) is 2.53. The van der Waals surface area contributed by atoms with E-state index in [0.29, 0.717) is 26.1 Å². The summed E-state index contributed by atoms with van der Waals surface area (Å²) in [6.07, 6.45) is 0.516. The van der Waals surface area contributed by atoms with E-state index < -0.39 is 0 Å². The van der Waals surface area contributed by atoms with Gasteiger partial charge in [-0.05, 0) is 0 Å². The lowest BCUT2D eigenvalue weighted by Crippen LogP contribution is -2.28. The van der Waals surface area contributed by atoms with Crippen molar-refractivity contribution >= 4 is 5.91 Å². The molecule has 1 saturated heterocycles. The Hall–Kier alpha value is -1.08. The summed E-state index contributed by atoms with van der Waals surface area (Å²) in [5.74, 6) is 0.0884. The molecule has 0 unspecified atom stereocenters. The lowest BCUT2D eigenvalue weighted by Gasteiger charge is -2.13. The van der Waals surface area contributed by atoms with Crippen molar-refractivity contribution in [2.45, 2.75) is 6.42 Å². The highest BCUT2D eigenvalue weighted by Crippen LogP contribution is 1.94. The minimum absolute atomic E-state index is 0.0884. The number of carbonyl (C=O) groups is 1. The van der Waals surface area contributed by atoms with Gasteiger partial charge >= 0.3 is 0 Å². The smallest absolute Gasteiger partial charge is 0.221 e. The van der Waals surface area contributed by atoms with Crippen molar-refractivity contribution in [3.8, 4) is 6.07 Å². The van der Waals surface area contributed by atoms with Gasteiger partial charge in [0.05, 0.1) is 12.6 Å². The van der Waals surface area contributed by atoms with Crippen LogP contribution >= 0.6 is 0 Å². The number of nitrogens with zero attached hydrogens (tertiary/aromatic N) is 2. The van der Waals surface area contributed by atoms with Gasteiger partial charge < -0.3 is 5.32 Å². The summed E-state index contributed by atoms with van der Waals surface area (Å²) in [4.78, 5) is 12.8. The average Bonchev–Trinajstić information content (AvgIpc) is 2.17. The van der Waals surface area contributed by atoms with E-state index in [4.69, 9.17) is 5.26 Å². The van der Waals surface area contributed by atoms with Gasteiger partial charge in [-0.3, -0.25) is 9.69 Å². The molecule has 1 rings (SSSR count). The van der Waals surface area contributed by atoms with Crippen molar-refractivity contribution in [2.75, 3.05) is 26.2 Å². The predicted molar refractivity (Wildman–Crippen MR) is 39.7 cm³/mol. The third-order valence-electron chi connectivity index (χ3n) is 1.70. The summed E-state index contributed by atoms with van der Waals surface area (Å²) < 4.78 is 0. The molecule has 0 bridgehead atoms. The minimum atomic E-state index is 0.0884. The molecule has 0 spiro atoms. The number of amides is 1. The van der Waals surface area contributed by atoms with Crippen LogP contribution in [0.2, 0.25) is 0 Å². The Bertz CT molecular complexity index is 185. The van der Waals surface area contributed by atoms with Gasteiger partial charge in [-0.25, -0.2) is 0 Å². The van der Waals surface area contributed by atoms with E-state index in [1.807, 2.05) is 4.90 Å². The van der Waals surface area contributed by atoms with Crippen molar-refractivity contribution in [1.82, 2.24) is 10.2 Å². The fourth-order valence-electron chi connectivity index (χ4n) is 1.07. The largest absolute Gasteiger partial charge is 0.355 e. The minimum Gasteiger partial charge on any atom is -0.355 e. The van der Waals surface area contributed by atoms with Crippen LogP contribution in [-0.2, 0) is 4.79 Å². The third-order valence-corrected chi connectivity index (χ3v) is 1.70. The van der Waals surface area contributed by atoms with Crippen LogP contribution in [0, 0.1) is 11.3 Å². The summed E-state index contributed by atoms with van der Waals surface area (Å²) >= 11 is 0. The molecule has 0 saturated carbocycles. The number of nitrogens with one attached hydrogen (secondary N) is 1. The number of carbonyl (C=O) groups excluding carboxylic acids is 1. The van der Waals surface area contributed by atoms with Crippen LogP contribution in [0.3, 0.4) is 0 Å². The van der Waals surface area contributed by atoms with Crippen molar-refractivity contribution in [2.24, 2.45) is 0 Å². The van der Waals surface area contributed by atoms with Crippen molar-refractivity contribution in [3.63, 3.8) is 0 Å². The number of hydrogen-bond donors (Lipinski definition) is 1. The van der Waals surface area contributed by atoms with Crippen molar-refractivity contribution in [1.29, 1.82) is 5.26 Å². The molecule has 0 aromatic heterocycles. The van der Waals surface area contributed by atoms with Gasteiger partial charge in [-0.2, -0.15) is 5.26 Å². The van der Waals surface area contributed by atoms with Crippen LogP contribution in [-0.4, -0.2) is 37.0 Å². The van der Waals surface area contributed by atoms with Gasteiger partial charge in [-0.1, -0.05) is 0 Å². The molecule has 0 aromatic rings. The Labute approximate surface area is 65.8 Å². The topological polar surface area (TPSA) is 56.1 Å². The lowest BCUT2D eigenvalue weighted by molar-refractivity contribution is -0.120. The monoisotopic (exact) mass is 153 g/mol. The standard InChI is InChI=1S/C7H11N3O/c8-2-5-10-4-1-7(11)9-3-6-10/h1,3-6H2,(H,9,11). The van der Waals surface area contributed by atoms with Crippen LogP contribution in [0.25, 0.3) is 0 Å². The Kier molecular flexibility index (Phi) is 2.87. The SMILES string of the molecule is N#CCN1CCNC(=O)CC1. The fourth-order valence-corrected chi connectivity index (χ4v) is 1.07. The van der Waals surface area contributed by atoms with Gasteiger partial charge in [0.25, 0.3) is 0 Å². The van der Waals surface area contributed by atoms with Crippen LogP contribution in [0.4, 0.5) is 0 Å². The van der Waals surface area contributed by atoms with E-state index >= 15 is 0 Å². The van der Waals surface area contributed by atoms with Crippen LogP contribution in [0.1, 0.15) is 6.42 Å². The Morgan fingerprint density at radius 2 is 2.45 bits per heavy atom. The molecule has 1 aliphatic heterocycles. The average molecular weight is 153 g/mol. The van der Waals surface area contributed by atoms with E-state index in [-0.39, 0.29) is 5.91 Å². The Morgan fingerprint density at radius 3 is 3.18 bits per heavy atom. The molecular formula is C7H11N3O. The van der Waals surface area contributed by atoms with E-state index in [0.717, 1.165) is 6.54 Å². The zero-order valence-corrected chi connectivity index (χ0v) is 6.34. The van der Waals surface area contributed by atoms with Gasteiger partial charge in [-0.15, -0.1) is 0 Å². The molecule has 0 aromatic carbocycles. The highest BCUT2D eigenvalue weighted by atomic mass is 16.1. The molecular weight excluding hydrogens is 142 g/mol. The Morgan fingerprint density at radius 1 is 1.64 bits per heavy atom. The molecule has 4 nitrogen and oxygen atoms in total. The molecule has 1 N–H and O–H groups in total. The number of nitriles is 1. The lowest BCUT2D eigenvalue weighted by atomic mass is 10.4. The number of rotatable bonds is 1. The van der Waals surface area contributed by atoms with Crippen LogP contribution in [0.15, 0.2) is 0 Å². The predicted octanol–water partition coefficient (Wildman–Crippen LogP) is -0.668. The van der Waals surface area contributed by atoms with E-state index in [9.17, 15) is 4.79 Å². The maximum atomic E-state index is 10.8. The zero-order chi connectivity index (χ0) is 8.10. The third kappa shape index (κ3) is 2.56. The van der Waals surface area contributed by atoms with Crippen LogP contribution < -0.4 is 5.32 Å². The maximum Gasteiger partial charge on any atom is 0.221 e. The van der Waals surface area contributed by atoms with Gasteiger partial charge in [0, 0.05) is 26.1 Å². The van der Waals surface area contributed by atoms with E-state index in [1.54, 1.807) is 0 Å². The first-order chi connectivity index (χ1) is 5.33. The second-order valence-corrected chi connectivity index (χ2v) is 2.53. The first-order valence-corrected chi connectivity index (χ1v) is 3.69. The first-order valence-electron chi connectivity index (χ1n) is 3.69. The van der Waals surface area contributed by atoms with E-state index in [1.165, 1.54) is 0 Å². The van der Waals surface area contributed by atoms with E-state index in [2.05, 4.69) is 11.4 Å². The molecule has 11 heavy (non-hydrogen) atoms. The number of hydrogen-bond acceptors (Lipinski definition) is 3. The summed E-state index contributed by atoms with van der Waals surface area (Å²) in [6.45, 7) is 2.59. The fraction of sp³-hybridized carbons (Fsp3) is 0.714. The van der Waals surface area contributed by atoms with Gasteiger partial charge in [0.1, 0.15) is 0 Å². The normalized spacial score (nSPS) is 20.1. The summed E-state index contributed by atoms with van der Waals surface area (Å²) in [6, 6.07) is 2.07. The second kappa shape index (κ2) is 3.94. The van der Waals surface area contributed by atoms with Gasteiger partial charge in [0.2, 0.25) is 5.91 Å². The highest BCUT2D eigenvalue weighted by Gasteiger charge is 2.11.